The molecule has 1 aromatic rings. The van der Waals surface area contributed by atoms with Gasteiger partial charge in [0.15, 0.2) is 5.90 Å². The molecule has 0 aromatic heterocycles. The molecule has 94 valence electrons. The topological polar surface area (TPSA) is 42.3 Å². The number of hydrogen-bond acceptors (Lipinski definition) is 3. The van der Waals surface area contributed by atoms with Gasteiger partial charge in [0.25, 0.3) is 0 Å². The minimum atomic E-state index is -4.33. The van der Waals surface area contributed by atoms with Crippen molar-refractivity contribution in [1.82, 2.24) is 0 Å². The zero-order valence-corrected chi connectivity index (χ0v) is 9.17. The summed E-state index contributed by atoms with van der Waals surface area (Å²) in [5.41, 5.74) is -0.712. The first-order valence-electron chi connectivity index (χ1n) is 4.87. The number of rotatable bonds is 4. The molecule has 0 radical (unpaired) electrons. The summed E-state index contributed by atoms with van der Waals surface area (Å²) in [4.78, 5) is 0. The van der Waals surface area contributed by atoms with Crippen LogP contribution in [0.4, 0.5) is 13.2 Å². The Morgan fingerprint density at radius 2 is 1.76 bits per heavy atom. The van der Waals surface area contributed by atoms with Crippen molar-refractivity contribution in [3.05, 3.63) is 29.8 Å². The third-order valence-corrected chi connectivity index (χ3v) is 1.85. The van der Waals surface area contributed by atoms with Gasteiger partial charge in [0.05, 0.1) is 5.56 Å². The highest BCUT2D eigenvalue weighted by atomic mass is 19.4. The fourth-order valence-electron chi connectivity index (χ4n) is 1.09. The molecule has 0 saturated carbocycles. The predicted octanol–water partition coefficient (Wildman–Crippen LogP) is 3.10. The normalized spacial score (nSPS) is 11.1. The van der Waals surface area contributed by atoms with E-state index in [1.165, 1.54) is 19.1 Å². The lowest BCUT2D eigenvalue weighted by atomic mass is 10.2. The standard InChI is InChI=1S/C11H12F3NO2/c1-8(15)16-6-7-17-10-4-2-9(3-5-10)11(12,13)14/h2-5,15H,6-7H2,1H3. The van der Waals surface area contributed by atoms with E-state index in [4.69, 9.17) is 14.9 Å². The van der Waals surface area contributed by atoms with Crippen LogP contribution in [0.5, 0.6) is 5.75 Å². The summed E-state index contributed by atoms with van der Waals surface area (Å²) >= 11 is 0. The third kappa shape index (κ3) is 4.76. The van der Waals surface area contributed by atoms with Crippen molar-refractivity contribution in [2.75, 3.05) is 13.2 Å². The molecule has 0 spiro atoms. The highest BCUT2D eigenvalue weighted by Gasteiger charge is 2.29. The second-order valence-electron chi connectivity index (χ2n) is 3.28. The Balaban J connectivity index is 2.43. The average Bonchev–Trinajstić information content (AvgIpc) is 2.23. The van der Waals surface area contributed by atoms with Gasteiger partial charge in [-0.25, -0.2) is 0 Å². The molecule has 6 heteroatoms. The van der Waals surface area contributed by atoms with Crippen molar-refractivity contribution in [3.8, 4) is 5.75 Å². The Hall–Kier alpha value is -1.72. The molecule has 0 atom stereocenters. The van der Waals surface area contributed by atoms with Crippen LogP contribution in [0.15, 0.2) is 24.3 Å². The Labute approximate surface area is 96.7 Å². The van der Waals surface area contributed by atoms with Gasteiger partial charge in [-0.1, -0.05) is 0 Å². The van der Waals surface area contributed by atoms with Crippen LogP contribution < -0.4 is 4.74 Å². The monoisotopic (exact) mass is 247 g/mol. The molecule has 0 amide bonds. The lowest BCUT2D eigenvalue weighted by Crippen LogP contribution is -2.09. The fraction of sp³-hybridized carbons (Fsp3) is 0.364. The zero-order valence-electron chi connectivity index (χ0n) is 9.17. The van der Waals surface area contributed by atoms with Crippen molar-refractivity contribution in [1.29, 1.82) is 5.41 Å². The van der Waals surface area contributed by atoms with E-state index in [1.807, 2.05) is 0 Å². The van der Waals surface area contributed by atoms with Crippen molar-refractivity contribution in [3.63, 3.8) is 0 Å². The lowest BCUT2D eigenvalue weighted by molar-refractivity contribution is -0.137. The molecule has 0 aliphatic rings. The molecule has 0 bridgehead atoms. The van der Waals surface area contributed by atoms with Crippen molar-refractivity contribution in [2.45, 2.75) is 13.1 Å². The smallest absolute Gasteiger partial charge is 0.416 e. The van der Waals surface area contributed by atoms with Gasteiger partial charge in [-0.2, -0.15) is 13.2 Å². The summed E-state index contributed by atoms with van der Waals surface area (Å²) in [6, 6.07) is 4.41. The highest BCUT2D eigenvalue weighted by Crippen LogP contribution is 2.30. The van der Waals surface area contributed by atoms with E-state index in [1.54, 1.807) is 0 Å². The van der Waals surface area contributed by atoms with Crippen molar-refractivity contribution >= 4 is 5.90 Å². The summed E-state index contributed by atoms with van der Waals surface area (Å²) < 4.78 is 46.6. The molecule has 1 rings (SSSR count). The maximum absolute atomic E-state index is 12.2. The van der Waals surface area contributed by atoms with Gasteiger partial charge in [-0.05, 0) is 24.3 Å². The van der Waals surface area contributed by atoms with Crippen molar-refractivity contribution < 1.29 is 22.6 Å². The van der Waals surface area contributed by atoms with Crippen LogP contribution >= 0.6 is 0 Å². The van der Waals surface area contributed by atoms with E-state index in [0.717, 1.165) is 12.1 Å². The number of ether oxygens (including phenoxy) is 2. The maximum atomic E-state index is 12.2. The van der Waals surface area contributed by atoms with E-state index in [2.05, 4.69) is 0 Å². The number of halogens is 3. The van der Waals surface area contributed by atoms with E-state index < -0.39 is 11.7 Å². The third-order valence-electron chi connectivity index (χ3n) is 1.85. The Kier molecular flexibility index (Phi) is 4.37. The summed E-state index contributed by atoms with van der Waals surface area (Å²) in [6.07, 6.45) is -4.33. The minimum Gasteiger partial charge on any atom is -0.490 e. The van der Waals surface area contributed by atoms with Crippen LogP contribution in [-0.2, 0) is 10.9 Å². The number of hydrogen-bond donors (Lipinski definition) is 1. The first kappa shape index (κ1) is 13.3. The van der Waals surface area contributed by atoms with Gasteiger partial charge in [-0.15, -0.1) is 0 Å². The van der Waals surface area contributed by atoms with Gasteiger partial charge in [0.2, 0.25) is 0 Å². The van der Waals surface area contributed by atoms with Crippen LogP contribution in [0.1, 0.15) is 12.5 Å². The van der Waals surface area contributed by atoms with Gasteiger partial charge >= 0.3 is 6.18 Å². The molecule has 0 aliphatic heterocycles. The largest absolute Gasteiger partial charge is 0.490 e. The highest BCUT2D eigenvalue weighted by molar-refractivity contribution is 5.69. The van der Waals surface area contributed by atoms with Gasteiger partial charge in [0, 0.05) is 6.92 Å². The molecule has 0 unspecified atom stereocenters. The summed E-state index contributed by atoms with van der Waals surface area (Å²) in [6.45, 7) is 1.86. The Morgan fingerprint density at radius 1 is 1.18 bits per heavy atom. The summed E-state index contributed by atoms with van der Waals surface area (Å²) in [5.74, 6) is 0.408. The van der Waals surface area contributed by atoms with Crippen LogP contribution in [0, 0.1) is 5.41 Å². The van der Waals surface area contributed by atoms with Crippen LogP contribution in [0.3, 0.4) is 0 Å². The molecule has 0 fully saturated rings. The molecular weight excluding hydrogens is 235 g/mol. The van der Waals surface area contributed by atoms with Crippen LogP contribution in [0.2, 0.25) is 0 Å². The zero-order chi connectivity index (χ0) is 12.9. The average molecular weight is 247 g/mol. The van der Waals surface area contributed by atoms with E-state index in [0.29, 0.717) is 5.75 Å². The second-order valence-corrected chi connectivity index (χ2v) is 3.28. The maximum Gasteiger partial charge on any atom is 0.416 e. The van der Waals surface area contributed by atoms with Gasteiger partial charge < -0.3 is 9.47 Å². The molecule has 3 nitrogen and oxygen atoms in total. The SMILES string of the molecule is CC(=N)OCCOc1ccc(C(F)(F)F)cc1. The van der Waals surface area contributed by atoms with E-state index >= 15 is 0 Å². The predicted molar refractivity (Wildman–Crippen MR) is 56.3 cm³/mol. The molecule has 17 heavy (non-hydrogen) atoms. The minimum absolute atomic E-state index is 0.0704. The quantitative estimate of drug-likeness (QED) is 0.504. The number of alkyl halides is 3. The van der Waals surface area contributed by atoms with E-state index in [9.17, 15) is 13.2 Å². The Morgan fingerprint density at radius 3 is 2.24 bits per heavy atom. The van der Waals surface area contributed by atoms with Crippen molar-refractivity contribution in [2.24, 2.45) is 0 Å². The number of nitrogens with one attached hydrogen (secondary N) is 1. The second kappa shape index (κ2) is 5.56. The molecule has 1 N–H and O–H groups in total. The molecule has 0 saturated heterocycles. The molecule has 0 heterocycles. The summed E-state index contributed by atoms with van der Waals surface area (Å²) in [5, 5.41) is 6.97. The Bertz CT molecular complexity index is 373. The first-order valence-corrected chi connectivity index (χ1v) is 4.87. The molecular formula is C11H12F3NO2. The van der Waals surface area contributed by atoms with Gasteiger partial charge in [-0.3, -0.25) is 5.41 Å². The van der Waals surface area contributed by atoms with Crippen LogP contribution in [0.25, 0.3) is 0 Å². The van der Waals surface area contributed by atoms with Crippen LogP contribution in [-0.4, -0.2) is 19.1 Å². The summed E-state index contributed by atoms with van der Waals surface area (Å²) in [7, 11) is 0. The van der Waals surface area contributed by atoms with E-state index in [-0.39, 0.29) is 19.1 Å². The molecule has 0 aliphatic carbocycles. The molecule has 1 aromatic carbocycles. The van der Waals surface area contributed by atoms with Gasteiger partial charge in [0.1, 0.15) is 19.0 Å². The fourth-order valence-corrected chi connectivity index (χ4v) is 1.09. The first-order chi connectivity index (χ1) is 7.89. The lowest BCUT2D eigenvalue weighted by Gasteiger charge is -2.09. The number of benzene rings is 1.